The maximum absolute atomic E-state index is 9.63. The third-order valence-electron chi connectivity index (χ3n) is 3.44. The first-order chi connectivity index (χ1) is 10.6. The molecule has 0 spiro atoms. The maximum atomic E-state index is 9.63. The Hall–Kier alpha value is -1.23. The molecule has 2 N–H and O–H groups in total. The Balaban J connectivity index is 0.000000745. The van der Waals surface area contributed by atoms with Gasteiger partial charge in [0, 0.05) is 11.6 Å². The fourth-order valence-electron chi connectivity index (χ4n) is 2.29. The molecule has 2 rings (SSSR count). The second-order valence-corrected chi connectivity index (χ2v) is 5.75. The van der Waals surface area contributed by atoms with Crippen molar-refractivity contribution in [3.63, 3.8) is 0 Å². The number of aliphatic hydroxyl groups is 1. The van der Waals surface area contributed by atoms with Crippen LogP contribution >= 0.6 is 0 Å². The molecule has 0 radical (unpaired) electrons. The Bertz CT molecular complexity index is 420. The van der Waals surface area contributed by atoms with E-state index in [1.165, 1.54) is 6.42 Å². The number of rotatable bonds is 5. The van der Waals surface area contributed by atoms with Gasteiger partial charge in [-0.05, 0) is 18.9 Å². The van der Waals surface area contributed by atoms with Crippen molar-refractivity contribution in [2.45, 2.75) is 52.4 Å². The van der Waals surface area contributed by atoms with Gasteiger partial charge in [0.15, 0.2) is 0 Å². The monoisotopic (exact) mass is 307 g/mol. The minimum absolute atomic E-state index is 0.0302. The van der Waals surface area contributed by atoms with Gasteiger partial charge >= 0.3 is 0 Å². The summed E-state index contributed by atoms with van der Waals surface area (Å²) in [6.45, 7) is 7.35. The summed E-state index contributed by atoms with van der Waals surface area (Å²) in [6.07, 6.45) is 1.39. The molecule has 0 bridgehead atoms. The summed E-state index contributed by atoms with van der Waals surface area (Å²) in [4.78, 5) is 0. The van der Waals surface area contributed by atoms with Crippen molar-refractivity contribution in [2.24, 2.45) is 5.92 Å². The topological polar surface area (TPSA) is 62.5 Å². The van der Waals surface area contributed by atoms with Gasteiger partial charge in [0.1, 0.15) is 0 Å². The molecule has 4 nitrogen and oxygen atoms in total. The van der Waals surface area contributed by atoms with Crippen LogP contribution in [0, 0.1) is 11.3 Å². The molecular formula is C18H29NO3. The van der Waals surface area contributed by atoms with Crippen molar-refractivity contribution in [2.75, 3.05) is 13.2 Å². The van der Waals surface area contributed by atoms with Crippen molar-refractivity contribution in [3.05, 3.63) is 35.9 Å². The summed E-state index contributed by atoms with van der Waals surface area (Å²) >= 11 is 0. The summed E-state index contributed by atoms with van der Waals surface area (Å²) < 4.78 is 11.2. The third-order valence-corrected chi connectivity index (χ3v) is 3.44. The van der Waals surface area contributed by atoms with Crippen LogP contribution in [-0.2, 0) is 16.1 Å². The Morgan fingerprint density at radius 1 is 1.32 bits per heavy atom. The van der Waals surface area contributed by atoms with Gasteiger partial charge < -0.3 is 20.0 Å². The van der Waals surface area contributed by atoms with Crippen molar-refractivity contribution in [1.29, 1.82) is 5.41 Å². The molecule has 22 heavy (non-hydrogen) atoms. The highest BCUT2D eigenvalue weighted by Gasteiger charge is 2.30. The maximum Gasteiger partial charge on any atom is 0.0850 e. The zero-order chi connectivity index (χ0) is 16.4. The van der Waals surface area contributed by atoms with Crippen molar-refractivity contribution in [1.82, 2.24) is 0 Å². The Morgan fingerprint density at radius 2 is 1.95 bits per heavy atom. The molecular weight excluding hydrogens is 278 g/mol. The molecule has 1 saturated heterocycles. The molecule has 1 fully saturated rings. The first-order valence-corrected chi connectivity index (χ1v) is 8.07. The number of nitrogens with one attached hydrogen (secondary N) is 1. The van der Waals surface area contributed by atoms with E-state index >= 15 is 0 Å². The highest BCUT2D eigenvalue weighted by atomic mass is 16.5. The summed E-state index contributed by atoms with van der Waals surface area (Å²) in [5.74, 6) is -0.0981. The first kappa shape index (κ1) is 18.8. The number of hydrogen-bond acceptors (Lipinski definition) is 4. The van der Waals surface area contributed by atoms with Crippen LogP contribution in [0.2, 0.25) is 0 Å². The van der Waals surface area contributed by atoms with Crippen molar-refractivity contribution >= 4 is 5.71 Å². The molecule has 124 valence electrons. The lowest BCUT2D eigenvalue weighted by Gasteiger charge is -2.31. The van der Waals surface area contributed by atoms with Gasteiger partial charge in [-0.25, -0.2) is 0 Å². The molecule has 0 amide bonds. The van der Waals surface area contributed by atoms with Gasteiger partial charge in [-0.2, -0.15) is 0 Å². The molecule has 0 unspecified atom stereocenters. The van der Waals surface area contributed by atoms with E-state index in [-0.39, 0.29) is 12.0 Å². The van der Waals surface area contributed by atoms with E-state index in [0.717, 1.165) is 5.56 Å². The van der Waals surface area contributed by atoms with Gasteiger partial charge in [-0.15, -0.1) is 0 Å². The van der Waals surface area contributed by atoms with Crippen LogP contribution in [-0.4, -0.2) is 36.2 Å². The fourth-order valence-corrected chi connectivity index (χ4v) is 2.29. The number of hydrogen-bond donors (Lipinski definition) is 2. The van der Waals surface area contributed by atoms with E-state index in [2.05, 4.69) is 13.8 Å². The second kappa shape index (κ2) is 10.5. The Kier molecular flexibility index (Phi) is 8.97. The van der Waals surface area contributed by atoms with Gasteiger partial charge in [0.05, 0.1) is 32.0 Å². The highest BCUT2D eigenvalue weighted by molar-refractivity contribution is 5.86. The molecule has 1 aromatic rings. The number of benzene rings is 1. The van der Waals surface area contributed by atoms with Crippen molar-refractivity contribution in [3.8, 4) is 0 Å². The summed E-state index contributed by atoms with van der Waals surface area (Å²) in [6, 6.07) is 10.00. The average molecular weight is 307 g/mol. The van der Waals surface area contributed by atoms with E-state index in [0.29, 0.717) is 32.0 Å². The lowest BCUT2D eigenvalue weighted by Crippen LogP contribution is -2.40. The van der Waals surface area contributed by atoms with Gasteiger partial charge in [0.2, 0.25) is 0 Å². The molecule has 1 heterocycles. The van der Waals surface area contributed by atoms with Gasteiger partial charge in [-0.3, -0.25) is 0 Å². The molecule has 0 aromatic heterocycles. The van der Waals surface area contributed by atoms with E-state index < -0.39 is 6.10 Å². The van der Waals surface area contributed by atoms with Crippen LogP contribution in [0.5, 0.6) is 0 Å². The molecule has 4 heteroatoms. The third kappa shape index (κ3) is 6.69. The SMILES string of the molecule is CCC.C[C@H](O)[C@@H]1C[C@H](COCc2ccccc2)OCC1=N. The van der Waals surface area contributed by atoms with Crippen LogP contribution in [0.25, 0.3) is 0 Å². The highest BCUT2D eigenvalue weighted by Crippen LogP contribution is 2.21. The Morgan fingerprint density at radius 3 is 2.55 bits per heavy atom. The molecule has 3 atom stereocenters. The van der Waals surface area contributed by atoms with E-state index in [1.807, 2.05) is 30.3 Å². The summed E-state index contributed by atoms with van der Waals surface area (Å²) in [7, 11) is 0. The fraction of sp³-hybridized carbons (Fsp3) is 0.611. The lowest BCUT2D eigenvalue weighted by atomic mass is 9.89. The number of aliphatic hydroxyl groups excluding tert-OH is 1. The van der Waals surface area contributed by atoms with Crippen LogP contribution < -0.4 is 0 Å². The zero-order valence-electron chi connectivity index (χ0n) is 13.9. The predicted octanol–water partition coefficient (Wildman–Crippen LogP) is 3.43. The largest absolute Gasteiger partial charge is 0.393 e. The average Bonchev–Trinajstić information content (AvgIpc) is 2.50. The second-order valence-electron chi connectivity index (χ2n) is 5.75. The van der Waals surface area contributed by atoms with E-state index in [1.54, 1.807) is 6.92 Å². The van der Waals surface area contributed by atoms with Crippen LogP contribution in [0.4, 0.5) is 0 Å². The lowest BCUT2D eigenvalue weighted by molar-refractivity contribution is -0.0377. The van der Waals surface area contributed by atoms with Gasteiger partial charge in [0.25, 0.3) is 0 Å². The van der Waals surface area contributed by atoms with Crippen LogP contribution in [0.3, 0.4) is 0 Å². The smallest absolute Gasteiger partial charge is 0.0850 e. The summed E-state index contributed by atoms with van der Waals surface area (Å²) in [5, 5.41) is 17.4. The van der Waals surface area contributed by atoms with E-state index in [9.17, 15) is 5.11 Å². The van der Waals surface area contributed by atoms with Gasteiger partial charge in [-0.1, -0.05) is 50.6 Å². The normalized spacial score (nSPS) is 22.6. The van der Waals surface area contributed by atoms with E-state index in [4.69, 9.17) is 14.9 Å². The minimum atomic E-state index is -0.493. The van der Waals surface area contributed by atoms with Crippen molar-refractivity contribution < 1.29 is 14.6 Å². The summed E-state index contributed by atoms with van der Waals surface area (Å²) in [5.41, 5.74) is 1.62. The molecule has 1 aromatic carbocycles. The quantitative estimate of drug-likeness (QED) is 0.876. The standard InChI is InChI=1S/C15H21NO3.C3H8/c1-11(17)14-7-13(19-10-15(14)16)9-18-8-12-5-3-2-4-6-12;1-3-2/h2-6,11,13-14,16-17H,7-10H2,1H3;3H2,1-2H3/t11-,13+,14-;/m0./s1. The van der Waals surface area contributed by atoms with Crippen LogP contribution in [0.1, 0.15) is 39.2 Å². The molecule has 1 aliphatic rings. The number of ether oxygens (including phenoxy) is 2. The zero-order valence-corrected chi connectivity index (χ0v) is 13.9. The molecule has 0 saturated carbocycles. The molecule has 1 aliphatic heterocycles. The first-order valence-electron chi connectivity index (χ1n) is 8.07. The molecule has 0 aliphatic carbocycles. The minimum Gasteiger partial charge on any atom is -0.393 e. The predicted molar refractivity (Wildman–Crippen MR) is 89.3 cm³/mol. The van der Waals surface area contributed by atoms with Crippen LogP contribution in [0.15, 0.2) is 30.3 Å². The Labute approximate surface area is 134 Å².